The molecule has 0 saturated heterocycles. The second-order valence-corrected chi connectivity index (χ2v) is 8.85. The number of hydrogen-bond donors (Lipinski definition) is 0. The Hall–Kier alpha value is -3.02. The lowest BCUT2D eigenvalue weighted by atomic mass is 10.0. The maximum atomic E-state index is 13.3. The number of thiophene rings is 1. The summed E-state index contributed by atoms with van der Waals surface area (Å²) in [5.41, 5.74) is 5.36. The Morgan fingerprint density at radius 2 is 1.50 bits per heavy atom. The second-order valence-electron chi connectivity index (χ2n) is 7.08. The van der Waals surface area contributed by atoms with Gasteiger partial charge in [0.05, 0.1) is 18.3 Å². The van der Waals surface area contributed by atoms with Crippen LogP contribution < -0.4 is 5.56 Å². The molecule has 0 fully saturated rings. The summed E-state index contributed by atoms with van der Waals surface area (Å²) in [7, 11) is 0. The fourth-order valence-corrected chi connectivity index (χ4v) is 4.72. The van der Waals surface area contributed by atoms with E-state index in [4.69, 9.17) is 0 Å². The minimum atomic E-state index is -0.00805. The third kappa shape index (κ3) is 3.62. The van der Waals surface area contributed by atoms with E-state index >= 15 is 0 Å². The maximum Gasteiger partial charge on any atom is 0.263 e. The Balaban J connectivity index is 1.53. The molecule has 146 valence electrons. The second kappa shape index (κ2) is 8.01. The van der Waals surface area contributed by atoms with Gasteiger partial charge in [-0.1, -0.05) is 82.7 Å². The molecule has 0 unspecified atom stereocenters. The van der Waals surface area contributed by atoms with Gasteiger partial charge in [-0.25, -0.2) is 4.98 Å². The molecular weight excluding hydrogens is 456 g/mol. The molecule has 0 spiro atoms. The van der Waals surface area contributed by atoms with Crippen LogP contribution in [-0.2, 0) is 6.54 Å². The highest BCUT2D eigenvalue weighted by Gasteiger charge is 2.13. The number of rotatable bonds is 4. The Labute approximate surface area is 186 Å². The van der Waals surface area contributed by atoms with E-state index < -0.39 is 0 Å². The first-order valence-electron chi connectivity index (χ1n) is 9.56. The minimum absolute atomic E-state index is 0.00805. The van der Waals surface area contributed by atoms with Crippen LogP contribution in [0.5, 0.6) is 0 Å². The standard InChI is InChI=1S/C25H17BrN2OS/c26-21-12-6-17(7-13-21)14-28-16-27-24-23(25(28)29)22(15-30-24)20-10-8-19(9-11-20)18-4-2-1-3-5-18/h1-13,15-16H,14H2. The molecule has 3 aromatic carbocycles. The summed E-state index contributed by atoms with van der Waals surface area (Å²) in [6.45, 7) is 0.497. The molecule has 0 atom stereocenters. The van der Waals surface area contributed by atoms with Gasteiger partial charge in [0.1, 0.15) is 4.83 Å². The lowest BCUT2D eigenvalue weighted by Gasteiger charge is -2.07. The minimum Gasteiger partial charge on any atom is -0.294 e. The van der Waals surface area contributed by atoms with Crippen molar-refractivity contribution in [3.63, 3.8) is 0 Å². The van der Waals surface area contributed by atoms with E-state index in [0.717, 1.165) is 31.6 Å². The molecule has 2 aromatic heterocycles. The van der Waals surface area contributed by atoms with Gasteiger partial charge >= 0.3 is 0 Å². The average Bonchev–Trinajstić information content (AvgIpc) is 3.23. The number of hydrogen-bond acceptors (Lipinski definition) is 3. The van der Waals surface area contributed by atoms with Crippen molar-refractivity contribution in [3.05, 3.63) is 111 Å². The first kappa shape index (κ1) is 19.0. The molecule has 3 nitrogen and oxygen atoms in total. The number of fused-ring (bicyclic) bond motifs is 1. The molecule has 5 aromatic rings. The van der Waals surface area contributed by atoms with Crippen LogP contribution >= 0.6 is 27.3 Å². The fourth-order valence-electron chi connectivity index (χ4n) is 3.55. The van der Waals surface area contributed by atoms with Gasteiger partial charge < -0.3 is 0 Å². The van der Waals surface area contributed by atoms with Crippen LogP contribution in [0.25, 0.3) is 32.5 Å². The van der Waals surface area contributed by atoms with E-state index in [-0.39, 0.29) is 5.56 Å². The van der Waals surface area contributed by atoms with E-state index in [9.17, 15) is 4.79 Å². The van der Waals surface area contributed by atoms with Crippen molar-refractivity contribution in [2.75, 3.05) is 0 Å². The van der Waals surface area contributed by atoms with Gasteiger partial charge in [-0.2, -0.15) is 0 Å². The van der Waals surface area contributed by atoms with Crippen LogP contribution in [-0.4, -0.2) is 9.55 Å². The topological polar surface area (TPSA) is 34.9 Å². The highest BCUT2D eigenvalue weighted by Crippen LogP contribution is 2.32. The summed E-state index contributed by atoms with van der Waals surface area (Å²) < 4.78 is 2.70. The van der Waals surface area contributed by atoms with Crippen molar-refractivity contribution >= 4 is 37.5 Å². The Morgan fingerprint density at radius 1 is 0.833 bits per heavy atom. The Kier molecular flexibility index (Phi) is 5.07. The van der Waals surface area contributed by atoms with Crippen LogP contribution in [0.15, 0.2) is 99.8 Å². The molecule has 0 aliphatic heterocycles. The van der Waals surface area contributed by atoms with E-state index in [1.165, 1.54) is 16.9 Å². The maximum absolute atomic E-state index is 13.3. The van der Waals surface area contributed by atoms with Gasteiger partial charge in [0.25, 0.3) is 5.56 Å². The van der Waals surface area contributed by atoms with Crippen molar-refractivity contribution in [2.24, 2.45) is 0 Å². The van der Waals surface area contributed by atoms with Gasteiger partial charge in [-0.05, 0) is 34.4 Å². The van der Waals surface area contributed by atoms with Gasteiger partial charge in [0, 0.05) is 15.4 Å². The van der Waals surface area contributed by atoms with Crippen LogP contribution in [0.3, 0.4) is 0 Å². The molecule has 0 radical (unpaired) electrons. The highest BCUT2D eigenvalue weighted by molar-refractivity contribution is 9.10. The lowest BCUT2D eigenvalue weighted by molar-refractivity contribution is 0.749. The highest BCUT2D eigenvalue weighted by atomic mass is 79.9. The first-order valence-corrected chi connectivity index (χ1v) is 11.2. The lowest BCUT2D eigenvalue weighted by Crippen LogP contribution is -2.20. The predicted molar refractivity (Wildman–Crippen MR) is 128 cm³/mol. The summed E-state index contributed by atoms with van der Waals surface area (Å²) in [4.78, 5) is 18.6. The molecule has 0 amide bonds. The van der Waals surface area contributed by atoms with Gasteiger partial charge in [-0.15, -0.1) is 11.3 Å². The number of halogens is 1. The monoisotopic (exact) mass is 472 g/mol. The van der Waals surface area contributed by atoms with Crippen LogP contribution in [0.1, 0.15) is 5.56 Å². The predicted octanol–water partition coefficient (Wildman–Crippen LogP) is 6.60. The average molecular weight is 473 g/mol. The van der Waals surface area contributed by atoms with Crippen LogP contribution in [0.4, 0.5) is 0 Å². The van der Waals surface area contributed by atoms with Gasteiger partial charge in [0.2, 0.25) is 0 Å². The quantitative estimate of drug-likeness (QED) is 0.295. The molecule has 5 rings (SSSR count). The number of aromatic nitrogens is 2. The van der Waals surface area contributed by atoms with Crippen molar-refractivity contribution in [2.45, 2.75) is 6.54 Å². The summed E-state index contributed by atoms with van der Waals surface area (Å²) in [5, 5.41) is 2.72. The zero-order valence-corrected chi connectivity index (χ0v) is 18.4. The first-order chi connectivity index (χ1) is 14.7. The SMILES string of the molecule is O=c1c2c(-c3ccc(-c4ccccc4)cc3)csc2ncn1Cc1ccc(Br)cc1. The van der Waals surface area contributed by atoms with Crippen LogP contribution in [0, 0.1) is 0 Å². The molecule has 2 heterocycles. The van der Waals surface area contributed by atoms with Gasteiger partial charge in [-0.3, -0.25) is 9.36 Å². The third-order valence-electron chi connectivity index (χ3n) is 5.13. The van der Waals surface area contributed by atoms with E-state index in [1.807, 2.05) is 47.8 Å². The van der Waals surface area contributed by atoms with Crippen molar-refractivity contribution in [3.8, 4) is 22.3 Å². The molecule has 0 saturated carbocycles. The number of benzene rings is 3. The van der Waals surface area contributed by atoms with Crippen molar-refractivity contribution in [1.29, 1.82) is 0 Å². The van der Waals surface area contributed by atoms with Gasteiger partial charge in [0.15, 0.2) is 0 Å². The number of nitrogens with zero attached hydrogens (tertiary/aromatic N) is 2. The molecule has 0 N–H and O–H groups in total. The Bertz CT molecular complexity index is 1370. The largest absolute Gasteiger partial charge is 0.294 e. The summed E-state index contributed by atoms with van der Waals surface area (Å²) in [6, 6.07) is 26.6. The molecule has 5 heteroatoms. The molecular formula is C25H17BrN2OS. The zero-order valence-electron chi connectivity index (χ0n) is 16.0. The molecule has 30 heavy (non-hydrogen) atoms. The van der Waals surface area contributed by atoms with Crippen molar-refractivity contribution < 1.29 is 0 Å². The molecule has 0 aliphatic carbocycles. The van der Waals surface area contributed by atoms with E-state index in [1.54, 1.807) is 10.9 Å². The van der Waals surface area contributed by atoms with E-state index in [0.29, 0.717) is 11.9 Å². The fraction of sp³-hybridized carbons (Fsp3) is 0.0400. The smallest absolute Gasteiger partial charge is 0.263 e. The summed E-state index contributed by atoms with van der Waals surface area (Å²) in [5.74, 6) is 0. The van der Waals surface area contributed by atoms with Crippen LogP contribution in [0.2, 0.25) is 0 Å². The normalized spacial score (nSPS) is 11.1. The summed E-state index contributed by atoms with van der Waals surface area (Å²) >= 11 is 4.96. The zero-order chi connectivity index (χ0) is 20.5. The molecule has 0 bridgehead atoms. The van der Waals surface area contributed by atoms with Crippen molar-refractivity contribution in [1.82, 2.24) is 9.55 Å². The van der Waals surface area contributed by atoms with E-state index in [2.05, 4.69) is 57.3 Å². The Morgan fingerprint density at radius 3 is 2.23 bits per heavy atom. The summed E-state index contributed by atoms with van der Waals surface area (Å²) in [6.07, 6.45) is 1.64. The third-order valence-corrected chi connectivity index (χ3v) is 6.54. The molecule has 0 aliphatic rings.